The molecule has 1 saturated heterocycles. The lowest BCUT2D eigenvalue weighted by Gasteiger charge is -2.32. The Morgan fingerprint density at radius 3 is 2.59 bits per heavy atom. The Morgan fingerprint density at radius 2 is 1.83 bits per heavy atom. The molecule has 0 saturated carbocycles. The molecule has 0 bridgehead atoms. The van der Waals surface area contributed by atoms with E-state index in [0.717, 1.165) is 54.9 Å². The largest absolute Gasteiger partial charge is 0.497 e. The van der Waals surface area contributed by atoms with Crippen molar-refractivity contribution in [1.29, 1.82) is 0 Å². The van der Waals surface area contributed by atoms with Crippen molar-refractivity contribution in [3.8, 4) is 5.75 Å². The Labute approximate surface area is 172 Å². The van der Waals surface area contributed by atoms with Gasteiger partial charge in [0.05, 0.1) is 12.8 Å². The van der Waals surface area contributed by atoms with Gasteiger partial charge in [-0.25, -0.2) is 0 Å². The first kappa shape index (κ1) is 18.4. The third kappa shape index (κ3) is 3.58. The average Bonchev–Trinajstić information content (AvgIpc) is 3.26. The van der Waals surface area contributed by atoms with Crippen molar-refractivity contribution < 1.29 is 9.53 Å². The average molecular weight is 389 g/mol. The number of benzene rings is 2. The third-order valence-corrected chi connectivity index (χ3v) is 6.71. The second kappa shape index (κ2) is 7.68. The maximum absolute atomic E-state index is 13.0. The van der Waals surface area contributed by atoms with Crippen molar-refractivity contribution in [3.63, 3.8) is 0 Å². The number of aromatic nitrogens is 1. The van der Waals surface area contributed by atoms with Gasteiger partial charge in [-0.1, -0.05) is 30.3 Å². The molecule has 29 heavy (non-hydrogen) atoms. The minimum Gasteiger partial charge on any atom is -0.497 e. The molecule has 4 nitrogen and oxygen atoms in total. The van der Waals surface area contributed by atoms with Gasteiger partial charge in [-0.05, 0) is 68.1 Å². The minimum atomic E-state index is 0.141. The molecule has 150 valence electrons. The quantitative estimate of drug-likeness (QED) is 0.632. The highest BCUT2D eigenvalue weighted by atomic mass is 16.5. The Bertz CT molecular complexity index is 1020. The fraction of sp³-hybridized carbons (Fsp3) is 0.400. The number of hydrogen-bond acceptors (Lipinski definition) is 3. The predicted molar refractivity (Wildman–Crippen MR) is 115 cm³/mol. The summed E-state index contributed by atoms with van der Waals surface area (Å²) in [6.07, 6.45) is 3.42. The number of piperidine rings is 1. The molecule has 1 fully saturated rings. The zero-order chi connectivity index (χ0) is 19.8. The minimum absolute atomic E-state index is 0.141. The van der Waals surface area contributed by atoms with Crippen LogP contribution in [-0.2, 0) is 13.1 Å². The summed E-state index contributed by atoms with van der Waals surface area (Å²) in [7, 11) is 1.68. The molecular weight excluding hydrogens is 360 g/mol. The fourth-order valence-corrected chi connectivity index (χ4v) is 5.10. The molecule has 0 aliphatic carbocycles. The van der Waals surface area contributed by atoms with Gasteiger partial charge in [-0.3, -0.25) is 9.69 Å². The van der Waals surface area contributed by atoms with Crippen molar-refractivity contribution in [3.05, 3.63) is 65.9 Å². The molecule has 2 aliphatic rings. The van der Waals surface area contributed by atoms with Gasteiger partial charge in [0.15, 0.2) is 5.78 Å². The Hall–Kier alpha value is -2.59. The van der Waals surface area contributed by atoms with E-state index in [4.69, 9.17) is 4.74 Å². The lowest BCUT2D eigenvalue weighted by atomic mass is 9.85. The van der Waals surface area contributed by atoms with Crippen LogP contribution in [0.5, 0.6) is 5.75 Å². The van der Waals surface area contributed by atoms with Crippen LogP contribution in [-0.4, -0.2) is 35.4 Å². The molecule has 3 heterocycles. The first-order chi connectivity index (χ1) is 14.2. The van der Waals surface area contributed by atoms with Crippen molar-refractivity contribution in [1.82, 2.24) is 9.47 Å². The smallest absolute Gasteiger partial charge is 0.184 e. The predicted octanol–water partition coefficient (Wildman–Crippen LogP) is 4.76. The summed E-state index contributed by atoms with van der Waals surface area (Å²) in [5.41, 5.74) is 3.41. The summed E-state index contributed by atoms with van der Waals surface area (Å²) < 4.78 is 7.53. The lowest BCUT2D eigenvalue weighted by Crippen LogP contribution is -2.34. The van der Waals surface area contributed by atoms with E-state index in [1.54, 1.807) is 7.11 Å². The number of nitrogens with zero attached hydrogens (tertiary/aromatic N) is 2. The van der Waals surface area contributed by atoms with Crippen LogP contribution in [0.15, 0.2) is 54.6 Å². The van der Waals surface area contributed by atoms with Gasteiger partial charge in [0.1, 0.15) is 5.75 Å². The number of rotatable bonds is 5. The number of methoxy groups -OCH3 is 1. The molecule has 2 aromatic carbocycles. The molecule has 0 radical (unpaired) electrons. The van der Waals surface area contributed by atoms with Gasteiger partial charge >= 0.3 is 0 Å². The number of carbonyl (C=O) groups excluding carboxylic acids is 1. The van der Waals surface area contributed by atoms with Gasteiger partial charge < -0.3 is 9.30 Å². The van der Waals surface area contributed by atoms with Crippen LogP contribution < -0.4 is 4.74 Å². The molecule has 3 aromatic rings. The maximum atomic E-state index is 13.0. The number of carbonyl (C=O) groups is 1. The monoisotopic (exact) mass is 388 g/mol. The fourth-order valence-electron chi connectivity index (χ4n) is 5.10. The summed E-state index contributed by atoms with van der Waals surface area (Å²) in [5.74, 6) is 1.97. The second-order valence-electron chi connectivity index (χ2n) is 8.57. The number of Topliss-reactive ketones (excluding diaryl/α,β-unsaturated/α-hetero) is 1. The van der Waals surface area contributed by atoms with E-state index < -0.39 is 0 Å². The number of ketones is 1. The number of fused-ring (bicyclic) bond motifs is 3. The van der Waals surface area contributed by atoms with Gasteiger partial charge in [0.25, 0.3) is 0 Å². The lowest BCUT2D eigenvalue weighted by molar-refractivity contribution is 0.0894. The summed E-state index contributed by atoms with van der Waals surface area (Å²) in [5, 5.41) is 1.10. The van der Waals surface area contributed by atoms with Gasteiger partial charge in [-0.15, -0.1) is 0 Å². The Balaban J connectivity index is 1.20. The second-order valence-corrected chi connectivity index (χ2v) is 8.57. The van der Waals surface area contributed by atoms with Crippen molar-refractivity contribution in [2.24, 2.45) is 11.8 Å². The summed E-state index contributed by atoms with van der Waals surface area (Å²) in [6, 6.07) is 18.8. The van der Waals surface area contributed by atoms with Crippen molar-refractivity contribution in [2.75, 3.05) is 20.2 Å². The summed E-state index contributed by atoms with van der Waals surface area (Å²) >= 11 is 0. The van der Waals surface area contributed by atoms with E-state index in [1.165, 1.54) is 18.4 Å². The highest BCUT2D eigenvalue weighted by Crippen LogP contribution is 2.35. The van der Waals surface area contributed by atoms with E-state index in [1.807, 2.05) is 18.2 Å². The molecule has 1 aromatic heterocycles. The molecule has 5 rings (SSSR count). The van der Waals surface area contributed by atoms with Crippen molar-refractivity contribution in [2.45, 2.75) is 32.4 Å². The van der Waals surface area contributed by atoms with Crippen LogP contribution >= 0.6 is 0 Å². The van der Waals surface area contributed by atoms with Gasteiger partial charge in [0.2, 0.25) is 0 Å². The van der Waals surface area contributed by atoms with E-state index in [2.05, 4.69) is 45.9 Å². The van der Waals surface area contributed by atoms with Crippen LogP contribution in [0.25, 0.3) is 10.9 Å². The first-order valence-electron chi connectivity index (χ1n) is 10.7. The topological polar surface area (TPSA) is 34.5 Å². The highest BCUT2D eigenvalue weighted by molar-refractivity contribution is 6.03. The van der Waals surface area contributed by atoms with E-state index in [-0.39, 0.29) is 5.92 Å². The zero-order valence-electron chi connectivity index (χ0n) is 17.0. The molecule has 0 spiro atoms. The molecule has 2 aliphatic heterocycles. The SMILES string of the molecule is COc1ccc2c(c1)cc1n2CC(CC2CCN(Cc3ccccc3)CC2)C1=O. The first-order valence-corrected chi connectivity index (χ1v) is 10.7. The number of likely N-dealkylation sites (tertiary alicyclic amines) is 1. The Morgan fingerprint density at radius 1 is 1.03 bits per heavy atom. The normalized spacial score (nSPS) is 20.3. The van der Waals surface area contributed by atoms with E-state index in [9.17, 15) is 4.79 Å². The van der Waals surface area contributed by atoms with Crippen LogP contribution in [0.2, 0.25) is 0 Å². The van der Waals surface area contributed by atoms with Gasteiger partial charge in [-0.2, -0.15) is 0 Å². The molecule has 4 heteroatoms. The highest BCUT2D eigenvalue weighted by Gasteiger charge is 2.34. The molecular formula is C25H28N2O2. The molecule has 1 atom stereocenters. The Kier molecular flexibility index (Phi) is 4.88. The summed E-state index contributed by atoms with van der Waals surface area (Å²) in [4.78, 5) is 15.6. The number of hydrogen-bond donors (Lipinski definition) is 0. The van der Waals surface area contributed by atoms with Crippen LogP contribution in [0.3, 0.4) is 0 Å². The number of ether oxygens (including phenoxy) is 1. The molecule has 1 unspecified atom stereocenters. The van der Waals surface area contributed by atoms with Crippen LogP contribution in [0.1, 0.15) is 35.3 Å². The summed E-state index contributed by atoms with van der Waals surface area (Å²) in [6.45, 7) is 4.13. The van der Waals surface area contributed by atoms with Gasteiger partial charge in [0, 0.05) is 29.9 Å². The zero-order valence-corrected chi connectivity index (χ0v) is 17.0. The standard InChI is InChI=1S/C25H28N2O2/c1-29-22-7-8-23-20(14-22)15-24-25(28)21(17-27(23)24)13-18-9-11-26(12-10-18)16-19-5-3-2-4-6-19/h2-8,14-15,18,21H,9-13,16-17H2,1H3. The van der Waals surface area contributed by atoms with E-state index >= 15 is 0 Å². The van der Waals surface area contributed by atoms with Crippen molar-refractivity contribution >= 4 is 16.7 Å². The molecule has 0 N–H and O–H groups in total. The van der Waals surface area contributed by atoms with Crippen LogP contribution in [0.4, 0.5) is 0 Å². The maximum Gasteiger partial charge on any atom is 0.184 e. The van der Waals surface area contributed by atoms with E-state index in [0.29, 0.717) is 11.7 Å². The molecule has 0 amide bonds. The third-order valence-electron chi connectivity index (χ3n) is 6.71. The van der Waals surface area contributed by atoms with Crippen LogP contribution in [0, 0.1) is 11.8 Å².